The Morgan fingerprint density at radius 1 is 1.00 bits per heavy atom. The maximum absolute atomic E-state index is 12.2. The lowest BCUT2D eigenvalue weighted by Gasteiger charge is -2.11. The number of anilines is 3. The normalized spacial score (nSPS) is 11.0. The van der Waals surface area contributed by atoms with E-state index in [1.807, 2.05) is 30.3 Å². The minimum Gasteiger partial charge on any atom is -0.406 e. The summed E-state index contributed by atoms with van der Waals surface area (Å²) in [4.78, 5) is 18.8. The van der Waals surface area contributed by atoms with Gasteiger partial charge in [0, 0.05) is 12.2 Å². The van der Waals surface area contributed by atoms with Crippen molar-refractivity contribution in [2.24, 2.45) is 0 Å². The van der Waals surface area contributed by atoms with Gasteiger partial charge in [-0.3, -0.25) is 10.1 Å². The van der Waals surface area contributed by atoms with Gasteiger partial charge in [0.15, 0.2) is 0 Å². The standard InChI is InChI=1S/C19H16F3N5O3/c20-19(21,22)30-15-8-6-14(7-9-15)26-18-16(27(28)29)17(24-12-25-18)23-11-10-13-4-2-1-3-5-13/h1-9,12H,10-11H2,(H2,23,24,25,26). The molecule has 1 heterocycles. The van der Waals surface area contributed by atoms with E-state index in [0.717, 1.165) is 24.0 Å². The number of rotatable bonds is 8. The zero-order chi connectivity index (χ0) is 21.6. The fraction of sp³-hybridized carbons (Fsp3) is 0.158. The first-order valence-electron chi connectivity index (χ1n) is 8.72. The van der Waals surface area contributed by atoms with E-state index in [2.05, 4.69) is 25.3 Å². The molecule has 0 bridgehead atoms. The minimum absolute atomic E-state index is 0.0328. The van der Waals surface area contributed by atoms with Crippen LogP contribution in [-0.4, -0.2) is 27.8 Å². The molecule has 0 saturated carbocycles. The van der Waals surface area contributed by atoms with Gasteiger partial charge < -0.3 is 15.4 Å². The molecule has 2 aromatic carbocycles. The van der Waals surface area contributed by atoms with Gasteiger partial charge in [-0.2, -0.15) is 0 Å². The summed E-state index contributed by atoms with van der Waals surface area (Å²) in [5.41, 5.74) is 0.976. The highest BCUT2D eigenvalue weighted by Gasteiger charge is 2.31. The van der Waals surface area contributed by atoms with Crippen molar-refractivity contribution >= 4 is 23.0 Å². The van der Waals surface area contributed by atoms with Crippen LogP contribution in [0.4, 0.5) is 36.2 Å². The SMILES string of the molecule is O=[N+]([O-])c1c(NCCc2ccccc2)ncnc1Nc1ccc(OC(F)(F)F)cc1. The summed E-state index contributed by atoms with van der Waals surface area (Å²) in [6.45, 7) is 0.408. The summed E-state index contributed by atoms with van der Waals surface area (Å²) in [7, 11) is 0. The van der Waals surface area contributed by atoms with Gasteiger partial charge >= 0.3 is 12.0 Å². The number of nitrogens with zero attached hydrogens (tertiary/aromatic N) is 3. The third kappa shape index (κ3) is 5.80. The number of ether oxygens (including phenoxy) is 1. The average Bonchev–Trinajstić information content (AvgIpc) is 2.69. The molecule has 0 saturated heterocycles. The van der Waals surface area contributed by atoms with Crippen molar-refractivity contribution in [3.8, 4) is 5.75 Å². The number of alkyl halides is 3. The van der Waals surface area contributed by atoms with Crippen LogP contribution in [0, 0.1) is 10.1 Å². The van der Waals surface area contributed by atoms with E-state index in [0.29, 0.717) is 18.7 Å². The maximum atomic E-state index is 12.2. The van der Waals surface area contributed by atoms with Crippen LogP contribution in [0.15, 0.2) is 60.9 Å². The monoisotopic (exact) mass is 419 g/mol. The van der Waals surface area contributed by atoms with Crippen molar-refractivity contribution in [1.29, 1.82) is 0 Å². The molecule has 2 N–H and O–H groups in total. The van der Waals surface area contributed by atoms with Crippen LogP contribution in [0.1, 0.15) is 5.56 Å². The second-order valence-electron chi connectivity index (χ2n) is 6.04. The molecule has 1 aromatic heterocycles. The summed E-state index contributed by atoms with van der Waals surface area (Å²) in [5.74, 6) is -0.472. The Labute approximate surface area is 168 Å². The van der Waals surface area contributed by atoms with Gasteiger partial charge in [-0.25, -0.2) is 9.97 Å². The Morgan fingerprint density at radius 2 is 1.67 bits per heavy atom. The van der Waals surface area contributed by atoms with Crippen molar-refractivity contribution in [1.82, 2.24) is 9.97 Å². The second kappa shape index (κ2) is 9.07. The molecule has 11 heteroatoms. The van der Waals surface area contributed by atoms with Crippen molar-refractivity contribution in [2.45, 2.75) is 12.8 Å². The van der Waals surface area contributed by atoms with Crippen LogP contribution >= 0.6 is 0 Å². The Kier molecular flexibility index (Phi) is 6.30. The van der Waals surface area contributed by atoms with Gasteiger partial charge in [-0.15, -0.1) is 13.2 Å². The van der Waals surface area contributed by atoms with Gasteiger partial charge in [-0.05, 0) is 36.2 Å². The van der Waals surface area contributed by atoms with E-state index in [4.69, 9.17) is 0 Å². The summed E-state index contributed by atoms with van der Waals surface area (Å²) in [6, 6.07) is 14.3. The molecule has 156 valence electrons. The highest BCUT2D eigenvalue weighted by atomic mass is 19.4. The Hall–Kier alpha value is -3.89. The van der Waals surface area contributed by atoms with Gasteiger partial charge in [-0.1, -0.05) is 30.3 Å². The molecule has 0 radical (unpaired) electrons. The topological polar surface area (TPSA) is 102 Å². The molecule has 0 unspecified atom stereocenters. The van der Waals surface area contributed by atoms with Crippen LogP contribution < -0.4 is 15.4 Å². The van der Waals surface area contributed by atoms with Crippen LogP contribution in [0.2, 0.25) is 0 Å². The van der Waals surface area contributed by atoms with Crippen molar-refractivity contribution in [2.75, 3.05) is 17.2 Å². The molecule has 3 rings (SSSR count). The minimum atomic E-state index is -4.80. The number of hydrogen-bond acceptors (Lipinski definition) is 7. The number of halogens is 3. The highest BCUT2D eigenvalue weighted by molar-refractivity contribution is 5.73. The van der Waals surface area contributed by atoms with E-state index in [1.54, 1.807) is 0 Å². The lowest BCUT2D eigenvalue weighted by atomic mass is 10.1. The first kappa shape index (κ1) is 20.8. The van der Waals surface area contributed by atoms with Gasteiger partial charge in [0.05, 0.1) is 4.92 Å². The Balaban J connectivity index is 1.73. The third-order valence-corrected chi connectivity index (χ3v) is 3.90. The predicted molar refractivity (Wildman–Crippen MR) is 104 cm³/mol. The molecule has 0 aliphatic carbocycles. The van der Waals surface area contributed by atoms with Crippen molar-refractivity contribution < 1.29 is 22.8 Å². The largest absolute Gasteiger partial charge is 0.573 e. The van der Waals surface area contributed by atoms with Gasteiger partial charge in [0.2, 0.25) is 11.6 Å². The fourth-order valence-corrected chi connectivity index (χ4v) is 2.62. The smallest absolute Gasteiger partial charge is 0.406 e. The molecule has 0 aliphatic heterocycles. The molecule has 0 fully saturated rings. The molecule has 0 atom stereocenters. The Bertz CT molecular complexity index is 999. The van der Waals surface area contributed by atoms with E-state index < -0.39 is 17.0 Å². The summed E-state index contributed by atoms with van der Waals surface area (Å²) in [6.07, 6.45) is -3.02. The lowest BCUT2D eigenvalue weighted by Crippen LogP contribution is -2.17. The summed E-state index contributed by atoms with van der Waals surface area (Å²) >= 11 is 0. The molecular formula is C19H16F3N5O3. The maximum Gasteiger partial charge on any atom is 0.573 e. The first-order chi connectivity index (χ1) is 14.3. The quantitative estimate of drug-likeness (QED) is 0.404. The zero-order valence-electron chi connectivity index (χ0n) is 15.4. The van der Waals surface area contributed by atoms with Crippen molar-refractivity contribution in [3.63, 3.8) is 0 Å². The van der Waals surface area contributed by atoms with E-state index in [-0.39, 0.29) is 17.3 Å². The third-order valence-electron chi connectivity index (χ3n) is 3.90. The van der Waals surface area contributed by atoms with Crippen molar-refractivity contribution in [3.05, 3.63) is 76.6 Å². The lowest BCUT2D eigenvalue weighted by molar-refractivity contribution is -0.383. The van der Waals surface area contributed by atoms with Crippen LogP contribution in [0.5, 0.6) is 5.75 Å². The second-order valence-corrected chi connectivity index (χ2v) is 6.04. The highest BCUT2D eigenvalue weighted by Crippen LogP contribution is 2.32. The molecule has 8 nitrogen and oxygen atoms in total. The number of nitro groups is 1. The molecule has 3 aromatic rings. The molecule has 0 spiro atoms. The number of benzene rings is 2. The first-order valence-corrected chi connectivity index (χ1v) is 8.72. The molecule has 0 amide bonds. The van der Waals surface area contributed by atoms with Crippen LogP contribution in [0.3, 0.4) is 0 Å². The van der Waals surface area contributed by atoms with Gasteiger partial charge in [0.25, 0.3) is 0 Å². The number of aromatic nitrogens is 2. The van der Waals surface area contributed by atoms with Crippen LogP contribution in [0.25, 0.3) is 0 Å². The summed E-state index contributed by atoms with van der Waals surface area (Å²) in [5, 5.41) is 17.2. The molecule has 0 aliphatic rings. The van der Waals surface area contributed by atoms with E-state index >= 15 is 0 Å². The van der Waals surface area contributed by atoms with Gasteiger partial charge in [0.1, 0.15) is 12.1 Å². The zero-order valence-corrected chi connectivity index (χ0v) is 15.4. The Morgan fingerprint density at radius 3 is 2.30 bits per heavy atom. The number of hydrogen-bond donors (Lipinski definition) is 2. The number of nitrogens with one attached hydrogen (secondary N) is 2. The molecule has 30 heavy (non-hydrogen) atoms. The fourth-order valence-electron chi connectivity index (χ4n) is 2.62. The average molecular weight is 419 g/mol. The van der Waals surface area contributed by atoms with E-state index in [9.17, 15) is 23.3 Å². The van der Waals surface area contributed by atoms with E-state index in [1.165, 1.54) is 12.1 Å². The summed E-state index contributed by atoms with van der Waals surface area (Å²) < 4.78 is 40.5. The molecular weight excluding hydrogens is 403 g/mol. The predicted octanol–water partition coefficient (Wildman–Crippen LogP) is 4.68. The van der Waals surface area contributed by atoms with Crippen LogP contribution in [-0.2, 0) is 6.42 Å².